The zero-order valence-corrected chi connectivity index (χ0v) is 13.5. The maximum Gasteiger partial charge on any atom is 0.257 e. The maximum absolute atomic E-state index is 11.3. The number of rotatable bonds is 6. The predicted octanol–water partition coefficient (Wildman–Crippen LogP) is 1.73. The van der Waals surface area contributed by atoms with Gasteiger partial charge in [-0.3, -0.25) is 4.79 Å². The van der Waals surface area contributed by atoms with Crippen molar-refractivity contribution in [2.24, 2.45) is 5.73 Å². The Hall–Kier alpha value is -1.92. The number of aryl methyl sites for hydroxylation is 1. The predicted molar refractivity (Wildman–Crippen MR) is 86.7 cm³/mol. The van der Waals surface area contributed by atoms with E-state index >= 15 is 0 Å². The fourth-order valence-corrected chi connectivity index (χ4v) is 1.82. The van der Waals surface area contributed by atoms with Gasteiger partial charge in [0.25, 0.3) is 5.89 Å². The normalized spacial score (nSPS) is 11.6. The zero-order chi connectivity index (χ0) is 15.2. The lowest BCUT2D eigenvalue weighted by molar-refractivity contribution is -0.121. The SMILES string of the molecule is CCc1noc(-c2ccc(CCNC(=O)[C@@H](C)N)cc2)n1.Cl. The molecular weight excluding hydrogens is 304 g/mol. The van der Waals surface area contributed by atoms with Crippen molar-refractivity contribution in [2.45, 2.75) is 32.7 Å². The highest BCUT2D eigenvalue weighted by Crippen LogP contribution is 2.18. The highest BCUT2D eigenvalue weighted by Gasteiger charge is 2.08. The number of nitrogens with one attached hydrogen (secondary N) is 1. The van der Waals surface area contributed by atoms with Crippen molar-refractivity contribution < 1.29 is 9.32 Å². The Morgan fingerprint density at radius 1 is 1.36 bits per heavy atom. The van der Waals surface area contributed by atoms with Crippen molar-refractivity contribution in [1.29, 1.82) is 0 Å². The number of amides is 1. The number of hydrogen-bond donors (Lipinski definition) is 2. The first kappa shape index (κ1) is 18.1. The second-order valence-electron chi connectivity index (χ2n) is 4.90. The molecular formula is C15H21ClN4O2. The highest BCUT2D eigenvalue weighted by molar-refractivity contribution is 5.85. The number of halogens is 1. The van der Waals surface area contributed by atoms with Crippen LogP contribution in [0.25, 0.3) is 11.5 Å². The average Bonchev–Trinajstić information content (AvgIpc) is 2.96. The lowest BCUT2D eigenvalue weighted by Crippen LogP contribution is -2.39. The van der Waals surface area contributed by atoms with E-state index in [2.05, 4.69) is 15.5 Å². The summed E-state index contributed by atoms with van der Waals surface area (Å²) in [6.07, 6.45) is 1.50. The van der Waals surface area contributed by atoms with Crippen LogP contribution in [-0.4, -0.2) is 28.6 Å². The second kappa shape index (κ2) is 8.51. The Labute approximate surface area is 135 Å². The van der Waals surface area contributed by atoms with Crippen LogP contribution in [-0.2, 0) is 17.6 Å². The highest BCUT2D eigenvalue weighted by atomic mass is 35.5. The van der Waals surface area contributed by atoms with E-state index in [1.165, 1.54) is 0 Å². The first-order valence-corrected chi connectivity index (χ1v) is 7.05. The number of hydrogen-bond acceptors (Lipinski definition) is 5. The summed E-state index contributed by atoms with van der Waals surface area (Å²) in [4.78, 5) is 15.6. The minimum Gasteiger partial charge on any atom is -0.354 e. The summed E-state index contributed by atoms with van der Waals surface area (Å²) in [7, 11) is 0. The van der Waals surface area contributed by atoms with Gasteiger partial charge in [-0.05, 0) is 31.0 Å². The van der Waals surface area contributed by atoms with Crippen LogP contribution in [0.15, 0.2) is 28.8 Å². The molecule has 0 bridgehead atoms. The van der Waals surface area contributed by atoms with Crippen LogP contribution in [0.3, 0.4) is 0 Å². The lowest BCUT2D eigenvalue weighted by Gasteiger charge is -2.07. The molecule has 0 fully saturated rings. The van der Waals surface area contributed by atoms with Crippen molar-refractivity contribution in [3.63, 3.8) is 0 Å². The van der Waals surface area contributed by atoms with Crippen LogP contribution in [0, 0.1) is 0 Å². The number of nitrogens with two attached hydrogens (primary N) is 1. The third-order valence-corrected chi connectivity index (χ3v) is 3.11. The van der Waals surface area contributed by atoms with Crippen LogP contribution in [0.5, 0.6) is 0 Å². The van der Waals surface area contributed by atoms with Crippen LogP contribution in [0.2, 0.25) is 0 Å². The van der Waals surface area contributed by atoms with Gasteiger partial charge in [-0.2, -0.15) is 4.98 Å². The van der Waals surface area contributed by atoms with E-state index in [0.29, 0.717) is 18.3 Å². The Kier molecular flexibility index (Phi) is 7.01. The molecule has 0 radical (unpaired) electrons. The standard InChI is InChI=1S/C15H20N4O2.ClH/c1-3-13-18-15(21-19-13)12-6-4-11(5-7-12)8-9-17-14(20)10(2)16;/h4-7,10H,3,8-9,16H2,1-2H3,(H,17,20);1H/t10-;/m1./s1. The van der Waals surface area contributed by atoms with Crippen LogP contribution in [0.4, 0.5) is 0 Å². The largest absolute Gasteiger partial charge is 0.354 e. The lowest BCUT2D eigenvalue weighted by atomic mass is 10.1. The van der Waals surface area contributed by atoms with Crippen molar-refractivity contribution >= 4 is 18.3 Å². The Bertz CT molecular complexity index is 596. The minimum atomic E-state index is -0.474. The van der Waals surface area contributed by atoms with Crippen LogP contribution in [0.1, 0.15) is 25.2 Å². The maximum atomic E-state index is 11.3. The van der Waals surface area contributed by atoms with Gasteiger partial charge in [0.2, 0.25) is 5.91 Å². The van der Waals surface area contributed by atoms with E-state index in [1.807, 2.05) is 31.2 Å². The minimum absolute atomic E-state index is 0. The fourth-order valence-electron chi connectivity index (χ4n) is 1.82. The van der Waals surface area contributed by atoms with Gasteiger partial charge in [-0.15, -0.1) is 12.4 Å². The molecule has 0 saturated heterocycles. The quantitative estimate of drug-likeness (QED) is 0.844. The molecule has 0 aliphatic rings. The number of carbonyl (C=O) groups is 1. The van der Waals surface area contributed by atoms with Crippen molar-refractivity contribution in [3.05, 3.63) is 35.7 Å². The molecule has 1 aromatic carbocycles. The van der Waals surface area contributed by atoms with E-state index in [0.717, 1.165) is 24.0 Å². The van der Waals surface area contributed by atoms with Gasteiger partial charge in [-0.25, -0.2) is 0 Å². The van der Waals surface area contributed by atoms with Crippen LogP contribution < -0.4 is 11.1 Å². The van der Waals surface area contributed by atoms with E-state index in [1.54, 1.807) is 6.92 Å². The van der Waals surface area contributed by atoms with Gasteiger partial charge in [0.15, 0.2) is 5.82 Å². The number of aromatic nitrogens is 2. The van der Waals surface area contributed by atoms with Crippen molar-refractivity contribution in [1.82, 2.24) is 15.5 Å². The molecule has 1 amide bonds. The van der Waals surface area contributed by atoms with Gasteiger partial charge in [0.05, 0.1) is 6.04 Å². The number of carbonyl (C=O) groups excluding carboxylic acids is 1. The Morgan fingerprint density at radius 3 is 2.59 bits per heavy atom. The molecule has 6 nitrogen and oxygen atoms in total. The second-order valence-corrected chi connectivity index (χ2v) is 4.90. The molecule has 1 atom stereocenters. The zero-order valence-electron chi connectivity index (χ0n) is 12.7. The molecule has 0 aliphatic carbocycles. The monoisotopic (exact) mass is 324 g/mol. The molecule has 0 spiro atoms. The number of benzene rings is 1. The molecule has 22 heavy (non-hydrogen) atoms. The van der Waals surface area contributed by atoms with E-state index in [4.69, 9.17) is 10.3 Å². The molecule has 3 N–H and O–H groups in total. The molecule has 1 aromatic heterocycles. The molecule has 0 unspecified atom stereocenters. The molecule has 2 rings (SSSR count). The van der Waals surface area contributed by atoms with Crippen LogP contribution >= 0.6 is 12.4 Å². The summed E-state index contributed by atoms with van der Waals surface area (Å²) < 4.78 is 5.19. The Balaban J connectivity index is 0.00000242. The van der Waals surface area contributed by atoms with Gasteiger partial charge < -0.3 is 15.6 Å². The molecule has 7 heteroatoms. The summed E-state index contributed by atoms with van der Waals surface area (Å²) in [6, 6.07) is 7.38. The van der Waals surface area contributed by atoms with Crippen molar-refractivity contribution in [2.75, 3.05) is 6.54 Å². The van der Waals surface area contributed by atoms with Crippen molar-refractivity contribution in [3.8, 4) is 11.5 Å². The summed E-state index contributed by atoms with van der Waals surface area (Å²) >= 11 is 0. The molecule has 0 saturated carbocycles. The summed E-state index contributed by atoms with van der Waals surface area (Å²) in [6.45, 7) is 4.22. The third kappa shape index (κ3) is 4.82. The van der Waals surface area contributed by atoms with E-state index < -0.39 is 6.04 Å². The summed E-state index contributed by atoms with van der Waals surface area (Å²) in [5.41, 5.74) is 7.50. The first-order chi connectivity index (χ1) is 10.1. The smallest absolute Gasteiger partial charge is 0.257 e. The number of nitrogens with zero attached hydrogens (tertiary/aromatic N) is 2. The first-order valence-electron chi connectivity index (χ1n) is 7.05. The third-order valence-electron chi connectivity index (χ3n) is 3.11. The average molecular weight is 325 g/mol. The molecule has 120 valence electrons. The Morgan fingerprint density at radius 2 is 2.05 bits per heavy atom. The van der Waals surface area contributed by atoms with Gasteiger partial charge >= 0.3 is 0 Å². The summed E-state index contributed by atoms with van der Waals surface area (Å²) in [5, 5.41) is 6.66. The fraction of sp³-hybridized carbons (Fsp3) is 0.400. The topological polar surface area (TPSA) is 94.0 Å². The van der Waals surface area contributed by atoms with E-state index in [9.17, 15) is 4.79 Å². The van der Waals surface area contributed by atoms with Gasteiger partial charge in [-0.1, -0.05) is 24.2 Å². The molecule has 0 aliphatic heterocycles. The van der Waals surface area contributed by atoms with E-state index in [-0.39, 0.29) is 18.3 Å². The molecule has 1 heterocycles. The van der Waals surface area contributed by atoms with Gasteiger partial charge in [0.1, 0.15) is 0 Å². The summed E-state index contributed by atoms with van der Waals surface area (Å²) in [5.74, 6) is 1.10. The molecule has 2 aromatic rings. The van der Waals surface area contributed by atoms with Gasteiger partial charge in [0, 0.05) is 18.5 Å².